The number of methoxy groups -OCH3 is 1. The average molecular weight is 375 g/mol. The smallest absolute Gasteiger partial charge is 0.234 e. The predicted octanol–water partition coefficient (Wildman–Crippen LogP) is 1.47. The molecule has 1 fully saturated rings. The first-order valence-corrected chi connectivity index (χ1v) is 9.85. The topological polar surface area (TPSA) is 75.7 Å². The molecule has 1 atom stereocenters. The number of rotatable bonds is 6. The Kier molecular flexibility index (Phi) is 5.78. The third-order valence-corrected chi connectivity index (χ3v) is 6.18. The quantitative estimate of drug-likeness (QED) is 0.816. The van der Waals surface area contributed by atoms with Crippen molar-refractivity contribution in [2.45, 2.75) is 25.4 Å². The molecule has 0 spiro atoms. The SMILES string of the molecule is COc1ccc(Cl)cc1CN(C)CC(=O)N[C@]1(C)CCS(=O)(=O)C1. The van der Waals surface area contributed by atoms with Crippen LogP contribution in [0.4, 0.5) is 0 Å². The van der Waals surface area contributed by atoms with E-state index >= 15 is 0 Å². The number of ether oxygens (including phenoxy) is 1. The fraction of sp³-hybridized carbons (Fsp3) is 0.562. The Morgan fingerprint density at radius 3 is 2.75 bits per heavy atom. The lowest BCUT2D eigenvalue weighted by Gasteiger charge is -2.26. The van der Waals surface area contributed by atoms with Crippen molar-refractivity contribution < 1.29 is 17.9 Å². The van der Waals surface area contributed by atoms with Crippen LogP contribution < -0.4 is 10.1 Å². The number of sulfone groups is 1. The third-order valence-electron chi connectivity index (χ3n) is 4.04. The van der Waals surface area contributed by atoms with Gasteiger partial charge in [-0.05, 0) is 38.6 Å². The minimum Gasteiger partial charge on any atom is -0.496 e. The number of carbonyl (C=O) groups is 1. The second-order valence-electron chi connectivity index (χ2n) is 6.58. The molecule has 1 heterocycles. The number of benzene rings is 1. The molecule has 1 aliphatic rings. The number of nitrogens with one attached hydrogen (secondary N) is 1. The first kappa shape index (κ1) is 19.0. The molecular formula is C16H23ClN2O4S. The zero-order chi connectivity index (χ0) is 18.0. The highest BCUT2D eigenvalue weighted by molar-refractivity contribution is 7.91. The molecule has 1 saturated heterocycles. The number of hydrogen-bond donors (Lipinski definition) is 1. The van der Waals surface area contributed by atoms with Gasteiger partial charge >= 0.3 is 0 Å². The molecular weight excluding hydrogens is 352 g/mol. The lowest BCUT2D eigenvalue weighted by atomic mass is 10.0. The number of amides is 1. The summed E-state index contributed by atoms with van der Waals surface area (Å²) in [6, 6.07) is 5.34. The van der Waals surface area contributed by atoms with Gasteiger partial charge in [-0.2, -0.15) is 0 Å². The highest BCUT2D eigenvalue weighted by Gasteiger charge is 2.39. The van der Waals surface area contributed by atoms with E-state index in [0.29, 0.717) is 23.7 Å². The Morgan fingerprint density at radius 2 is 2.17 bits per heavy atom. The van der Waals surface area contributed by atoms with E-state index in [4.69, 9.17) is 16.3 Å². The van der Waals surface area contributed by atoms with Gasteiger partial charge < -0.3 is 10.1 Å². The van der Waals surface area contributed by atoms with Crippen molar-refractivity contribution in [1.29, 1.82) is 0 Å². The van der Waals surface area contributed by atoms with Crippen molar-refractivity contribution in [1.82, 2.24) is 10.2 Å². The number of hydrogen-bond acceptors (Lipinski definition) is 5. The van der Waals surface area contributed by atoms with Crippen molar-refractivity contribution >= 4 is 27.3 Å². The lowest BCUT2D eigenvalue weighted by Crippen LogP contribution is -2.49. The van der Waals surface area contributed by atoms with Gasteiger partial charge in [-0.3, -0.25) is 9.69 Å². The molecule has 0 bridgehead atoms. The van der Waals surface area contributed by atoms with Crippen molar-refractivity contribution in [3.05, 3.63) is 28.8 Å². The molecule has 6 nitrogen and oxygen atoms in total. The van der Waals surface area contributed by atoms with Gasteiger partial charge in [0.1, 0.15) is 5.75 Å². The maximum Gasteiger partial charge on any atom is 0.234 e. The van der Waals surface area contributed by atoms with Crippen molar-refractivity contribution in [2.75, 3.05) is 32.2 Å². The molecule has 8 heteroatoms. The summed E-state index contributed by atoms with van der Waals surface area (Å²) < 4.78 is 28.5. The zero-order valence-corrected chi connectivity index (χ0v) is 15.7. The molecule has 0 unspecified atom stereocenters. The Bertz CT molecular complexity index is 723. The van der Waals surface area contributed by atoms with E-state index in [1.165, 1.54) is 0 Å². The summed E-state index contributed by atoms with van der Waals surface area (Å²) in [4.78, 5) is 14.1. The van der Waals surface area contributed by atoms with E-state index in [0.717, 1.165) is 5.56 Å². The summed E-state index contributed by atoms with van der Waals surface area (Å²) in [6.45, 7) is 2.42. The van der Waals surface area contributed by atoms with Gasteiger partial charge in [0.15, 0.2) is 9.84 Å². The highest BCUT2D eigenvalue weighted by atomic mass is 35.5. The number of carbonyl (C=O) groups excluding carboxylic acids is 1. The molecule has 0 radical (unpaired) electrons. The van der Waals surface area contributed by atoms with Crippen LogP contribution in [0.5, 0.6) is 5.75 Å². The monoisotopic (exact) mass is 374 g/mol. The fourth-order valence-corrected chi connectivity index (χ4v) is 5.24. The molecule has 1 N–H and O–H groups in total. The van der Waals surface area contributed by atoms with Crippen LogP contribution in [-0.2, 0) is 21.2 Å². The Balaban J connectivity index is 1.94. The van der Waals surface area contributed by atoms with Gasteiger partial charge in [0.2, 0.25) is 5.91 Å². The second-order valence-corrected chi connectivity index (χ2v) is 9.20. The van der Waals surface area contributed by atoms with Gasteiger partial charge in [-0.15, -0.1) is 0 Å². The predicted molar refractivity (Wildman–Crippen MR) is 94.2 cm³/mol. The van der Waals surface area contributed by atoms with Crippen LogP contribution in [0.2, 0.25) is 5.02 Å². The van der Waals surface area contributed by atoms with Crippen LogP contribution in [0, 0.1) is 0 Å². The molecule has 134 valence electrons. The van der Waals surface area contributed by atoms with Crippen molar-refractivity contribution in [3.63, 3.8) is 0 Å². The lowest BCUT2D eigenvalue weighted by molar-refractivity contribution is -0.123. The minimum absolute atomic E-state index is 0.00241. The Labute approximate surface area is 148 Å². The van der Waals surface area contributed by atoms with Crippen molar-refractivity contribution in [2.24, 2.45) is 0 Å². The zero-order valence-electron chi connectivity index (χ0n) is 14.1. The number of likely N-dealkylation sites (N-methyl/N-ethyl adjacent to an activating group) is 1. The largest absolute Gasteiger partial charge is 0.496 e. The Morgan fingerprint density at radius 1 is 1.46 bits per heavy atom. The molecule has 0 saturated carbocycles. The van der Waals surface area contributed by atoms with Gasteiger partial charge in [0.05, 0.1) is 30.7 Å². The van der Waals surface area contributed by atoms with Crippen LogP contribution in [0.25, 0.3) is 0 Å². The van der Waals surface area contributed by atoms with E-state index in [1.54, 1.807) is 32.2 Å². The van der Waals surface area contributed by atoms with Gasteiger partial charge in [0, 0.05) is 17.1 Å². The first-order valence-electron chi connectivity index (χ1n) is 7.65. The van der Waals surface area contributed by atoms with E-state index in [9.17, 15) is 13.2 Å². The van der Waals surface area contributed by atoms with E-state index in [-0.39, 0.29) is 24.0 Å². The van der Waals surface area contributed by atoms with E-state index < -0.39 is 15.4 Å². The molecule has 1 aromatic rings. The van der Waals surface area contributed by atoms with Gasteiger partial charge in [0.25, 0.3) is 0 Å². The second kappa shape index (κ2) is 7.29. The van der Waals surface area contributed by atoms with Gasteiger partial charge in [-0.25, -0.2) is 8.42 Å². The highest BCUT2D eigenvalue weighted by Crippen LogP contribution is 2.24. The third kappa shape index (κ3) is 5.09. The van der Waals surface area contributed by atoms with Crippen LogP contribution in [-0.4, -0.2) is 57.0 Å². The van der Waals surface area contributed by atoms with Crippen LogP contribution in [0.1, 0.15) is 18.9 Å². The summed E-state index contributed by atoms with van der Waals surface area (Å²) in [5.41, 5.74) is 0.208. The summed E-state index contributed by atoms with van der Waals surface area (Å²) in [7, 11) is 0.347. The van der Waals surface area contributed by atoms with E-state index in [1.807, 2.05) is 11.9 Å². The standard InChI is InChI=1S/C16H23ClN2O4S/c1-16(6-7-24(21,22)11-16)18-15(20)10-19(2)9-12-8-13(17)4-5-14(12)23-3/h4-5,8H,6-7,9-11H2,1-3H3,(H,18,20)/t16-/m1/s1. The minimum atomic E-state index is -3.05. The average Bonchev–Trinajstić information content (AvgIpc) is 2.72. The summed E-state index contributed by atoms with van der Waals surface area (Å²) in [6.07, 6.45) is 0.451. The summed E-state index contributed by atoms with van der Waals surface area (Å²) in [5.74, 6) is 0.635. The molecule has 1 aromatic carbocycles. The van der Waals surface area contributed by atoms with E-state index in [2.05, 4.69) is 5.32 Å². The maximum absolute atomic E-state index is 12.2. The summed E-state index contributed by atoms with van der Waals surface area (Å²) in [5, 5.41) is 3.45. The molecule has 1 amide bonds. The molecule has 0 aromatic heterocycles. The summed E-state index contributed by atoms with van der Waals surface area (Å²) >= 11 is 6.01. The first-order chi connectivity index (χ1) is 11.1. The van der Waals surface area contributed by atoms with Crippen LogP contribution >= 0.6 is 11.6 Å². The Hall–Kier alpha value is -1.31. The number of nitrogens with zero attached hydrogens (tertiary/aromatic N) is 1. The molecule has 24 heavy (non-hydrogen) atoms. The molecule has 0 aliphatic carbocycles. The number of halogens is 1. The normalized spacial score (nSPS) is 22.5. The fourth-order valence-electron chi connectivity index (χ4n) is 2.95. The van der Waals surface area contributed by atoms with Crippen LogP contribution in [0.3, 0.4) is 0 Å². The van der Waals surface area contributed by atoms with Gasteiger partial charge in [-0.1, -0.05) is 11.6 Å². The molecule has 1 aliphatic heterocycles. The maximum atomic E-state index is 12.2. The van der Waals surface area contributed by atoms with Crippen molar-refractivity contribution in [3.8, 4) is 5.75 Å². The molecule has 2 rings (SSSR count). The van der Waals surface area contributed by atoms with Crippen LogP contribution in [0.15, 0.2) is 18.2 Å².